The van der Waals surface area contributed by atoms with Crippen molar-refractivity contribution < 1.29 is 19.1 Å². The van der Waals surface area contributed by atoms with E-state index in [9.17, 15) is 19.1 Å². The number of carboxylic acid groups (broad SMARTS) is 1. The molecule has 0 aromatic carbocycles. The van der Waals surface area contributed by atoms with Gasteiger partial charge in [0, 0.05) is 18.4 Å². The lowest BCUT2D eigenvalue weighted by Crippen LogP contribution is -2.49. The Bertz CT molecular complexity index is 1230. The summed E-state index contributed by atoms with van der Waals surface area (Å²) in [4.78, 5) is 31.7. The summed E-state index contributed by atoms with van der Waals surface area (Å²) >= 11 is 0. The maximum absolute atomic E-state index is 14.9. The number of nitrogens with two attached hydrogens (primary N) is 1. The Labute approximate surface area is 193 Å². The number of hydrogen-bond donors (Lipinski definition) is 5. The normalized spacial score (nSPS) is 23.0. The number of fused-ring (bicyclic) bond motifs is 1. The number of carbonyl (C=O) groups excluding carboxylic acids is 1. The zero-order valence-corrected chi connectivity index (χ0v) is 18.0. The van der Waals surface area contributed by atoms with Crippen LogP contribution in [0.4, 0.5) is 26.5 Å². The van der Waals surface area contributed by atoms with Crippen LogP contribution in [0.25, 0.3) is 5.69 Å². The largest absolute Gasteiger partial charge is 0.465 e. The van der Waals surface area contributed by atoms with Crippen molar-refractivity contribution in [3.05, 3.63) is 54.4 Å². The summed E-state index contributed by atoms with van der Waals surface area (Å²) in [6, 6.07) is 3.83. The van der Waals surface area contributed by atoms with E-state index in [-0.39, 0.29) is 29.3 Å². The average molecular weight is 466 g/mol. The van der Waals surface area contributed by atoms with Gasteiger partial charge in [-0.2, -0.15) is 5.10 Å². The summed E-state index contributed by atoms with van der Waals surface area (Å²) in [6.45, 7) is 0. The SMILES string of the molecule is NC(=O)c1cc(F)c(N[C@H]2CC3CC3C[C@H]2NC(=O)O)nc1Nc1cncc(-n2cccn2)c1. The van der Waals surface area contributed by atoms with Gasteiger partial charge in [-0.05, 0) is 49.3 Å². The van der Waals surface area contributed by atoms with Gasteiger partial charge in [-0.25, -0.2) is 18.9 Å². The van der Waals surface area contributed by atoms with Crippen molar-refractivity contribution in [2.24, 2.45) is 17.6 Å². The van der Waals surface area contributed by atoms with Crippen LogP contribution in [0.1, 0.15) is 29.6 Å². The molecule has 3 aromatic heterocycles. The Balaban J connectivity index is 1.43. The fraction of sp³-hybridized carbons (Fsp3) is 0.318. The van der Waals surface area contributed by atoms with Gasteiger partial charge in [0.1, 0.15) is 5.82 Å². The molecule has 2 unspecified atom stereocenters. The van der Waals surface area contributed by atoms with Crippen molar-refractivity contribution in [1.82, 2.24) is 25.1 Å². The highest BCUT2D eigenvalue weighted by molar-refractivity contribution is 5.98. The topological polar surface area (TPSA) is 160 Å². The molecule has 3 aromatic rings. The van der Waals surface area contributed by atoms with Crippen LogP contribution in [-0.4, -0.2) is 48.9 Å². The third kappa shape index (κ3) is 4.47. The van der Waals surface area contributed by atoms with E-state index in [4.69, 9.17) is 5.73 Å². The molecule has 6 N–H and O–H groups in total. The standard InChI is InChI=1S/C22H23FN8O3/c23-16-8-15(19(24)32)20(27-13-7-14(10-25-9-13)31-3-1-2-26-31)30-21(16)28-17-5-11-4-12(11)6-18(17)29-22(33)34/h1-3,7-12,17-18,29H,4-6H2,(H2,24,32)(H,33,34)(H2,27,28,30)/t11?,12?,17-,18+/m0/s1. The highest BCUT2D eigenvalue weighted by atomic mass is 19.1. The molecule has 0 bridgehead atoms. The van der Waals surface area contributed by atoms with Crippen LogP contribution in [0.5, 0.6) is 0 Å². The Morgan fingerprint density at radius 3 is 2.62 bits per heavy atom. The zero-order valence-electron chi connectivity index (χ0n) is 18.0. The first-order valence-electron chi connectivity index (χ1n) is 10.9. The molecule has 3 heterocycles. The Morgan fingerprint density at radius 1 is 1.12 bits per heavy atom. The number of rotatable bonds is 7. The van der Waals surface area contributed by atoms with Gasteiger partial charge < -0.3 is 26.8 Å². The fourth-order valence-electron chi connectivity index (χ4n) is 4.57. The smallest absolute Gasteiger partial charge is 0.404 e. The molecule has 2 fully saturated rings. The van der Waals surface area contributed by atoms with E-state index in [0.29, 0.717) is 36.1 Å². The van der Waals surface area contributed by atoms with Gasteiger partial charge in [0.05, 0.1) is 35.4 Å². The summed E-state index contributed by atoms with van der Waals surface area (Å²) in [5.74, 6) is -0.651. The number of primary amides is 1. The highest BCUT2D eigenvalue weighted by Crippen LogP contribution is 2.50. The third-order valence-electron chi connectivity index (χ3n) is 6.30. The lowest BCUT2D eigenvalue weighted by molar-refractivity contribution is 0.1000. The van der Waals surface area contributed by atoms with E-state index in [1.54, 1.807) is 35.4 Å². The Kier molecular flexibility index (Phi) is 5.48. The van der Waals surface area contributed by atoms with Crippen molar-refractivity contribution in [3.63, 3.8) is 0 Å². The summed E-state index contributed by atoms with van der Waals surface area (Å²) in [5, 5.41) is 21.9. The van der Waals surface area contributed by atoms with Crippen molar-refractivity contribution in [2.45, 2.75) is 31.3 Å². The molecule has 5 rings (SSSR count). The van der Waals surface area contributed by atoms with Crippen LogP contribution in [0.15, 0.2) is 43.0 Å². The van der Waals surface area contributed by atoms with E-state index in [0.717, 1.165) is 12.5 Å². The molecular weight excluding hydrogens is 443 g/mol. The van der Waals surface area contributed by atoms with Gasteiger partial charge in [0.2, 0.25) is 0 Å². The van der Waals surface area contributed by atoms with Crippen molar-refractivity contribution in [3.8, 4) is 5.69 Å². The van der Waals surface area contributed by atoms with Crippen LogP contribution in [0, 0.1) is 17.7 Å². The summed E-state index contributed by atoms with van der Waals surface area (Å²) in [5.41, 5.74) is 6.50. The van der Waals surface area contributed by atoms with Gasteiger partial charge >= 0.3 is 6.09 Å². The fourth-order valence-corrected chi connectivity index (χ4v) is 4.57. The number of anilines is 3. The number of aromatic nitrogens is 4. The van der Waals surface area contributed by atoms with Crippen LogP contribution >= 0.6 is 0 Å². The van der Waals surface area contributed by atoms with Gasteiger partial charge in [-0.1, -0.05) is 0 Å². The monoisotopic (exact) mass is 466 g/mol. The molecule has 2 amide bonds. The molecule has 11 nitrogen and oxygen atoms in total. The number of nitrogens with zero attached hydrogens (tertiary/aromatic N) is 4. The molecule has 2 saturated carbocycles. The highest BCUT2D eigenvalue weighted by Gasteiger charge is 2.47. The maximum atomic E-state index is 14.9. The van der Waals surface area contributed by atoms with Crippen LogP contribution < -0.4 is 21.7 Å². The van der Waals surface area contributed by atoms with Crippen molar-refractivity contribution >= 4 is 29.3 Å². The van der Waals surface area contributed by atoms with E-state index in [2.05, 4.69) is 31.0 Å². The first kappa shape index (κ1) is 21.6. The molecular formula is C22H23FN8O3. The van der Waals surface area contributed by atoms with Gasteiger partial charge in [-0.3, -0.25) is 9.78 Å². The number of carbonyl (C=O) groups is 2. The number of hydrogen-bond acceptors (Lipinski definition) is 7. The van der Waals surface area contributed by atoms with Crippen LogP contribution in [-0.2, 0) is 0 Å². The third-order valence-corrected chi connectivity index (χ3v) is 6.30. The molecule has 12 heteroatoms. The zero-order chi connectivity index (χ0) is 23.8. The number of amides is 2. The predicted octanol–water partition coefficient (Wildman–Crippen LogP) is 2.49. The molecule has 176 valence electrons. The van der Waals surface area contributed by atoms with Crippen LogP contribution in [0.3, 0.4) is 0 Å². The van der Waals surface area contributed by atoms with Gasteiger partial charge in [0.15, 0.2) is 11.6 Å². The lowest BCUT2D eigenvalue weighted by Gasteiger charge is -2.32. The number of halogens is 1. The molecule has 34 heavy (non-hydrogen) atoms. The van der Waals surface area contributed by atoms with E-state index in [1.807, 2.05) is 0 Å². The van der Waals surface area contributed by atoms with Gasteiger partial charge in [0.25, 0.3) is 5.91 Å². The van der Waals surface area contributed by atoms with Gasteiger partial charge in [-0.15, -0.1) is 0 Å². The van der Waals surface area contributed by atoms with Crippen molar-refractivity contribution in [2.75, 3.05) is 10.6 Å². The molecule has 0 aliphatic heterocycles. The lowest BCUT2D eigenvalue weighted by atomic mass is 9.90. The molecule has 0 radical (unpaired) electrons. The second kappa shape index (κ2) is 8.61. The molecule has 2 aliphatic rings. The quantitative estimate of drug-likeness (QED) is 0.355. The van der Waals surface area contributed by atoms with E-state index < -0.39 is 17.8 Å². The minimum absolute atomic E-state index is 0.0543. The number of nitrogens with one attached hydrogen (secondary N) is 3. The minimum Gasteiger partial charge on any atom is -0.465 e. The second-order valence-corrected chi connectivity index (χ2v) is 8.62. The molecule has 0 saturated heterocycles. The first-order chi connectivity index (χ1) is 16.4. The molecule has 4 atom stereocenters. The summed E-state index contributed by atoms with van der Waals surface area (Å²) in [7, 11) is 0. The molecule has 0 spiro atoms. The minimum atomic E-state index is -1.12. The van der Waals surface area contributed by atoms with Crippen LogP contribution in [0.2, 0.25) is 0 Å². The van der Waals surface area contributed by atoms with E-state index in [1.165, 1.54) is 6.20 Å². The average Bonchev–Trinajstić information content (AvgIpc) is 3.31. The second-order valence-electron chi connectivity index (χ2n) is 8.62. The summed E-state index contributed by atoms with van der Waals surface area (Å²) in [6.07, 6.45) is 7.83. The summed E-state index contributed by atoms with van der Waals surface area (Å²) < 4.78 is 16.5. The van der Waals surface area contributed by atoms with Crippen molar-refractivity contribution in [1.29, 1.82) is 0 Å². The molecule has 2 aliphatic carbocycles. The van der Waals surface area contributed by atoms with E-state index >= 15 is 0 Å². The predicted molar refractivity (Wildman–Crippen MR) is 121 cm³/mol. The Hall–Kier alpha value is -4.22. The Morgan fingerprint density at radius 2 is 1.91 bits per heavy atom. The first-order valence-corrected chi connectivity index (χ1v) is 10.9. The maximum Gasteiger partial charge on any atom is 0.404 e. The number of pyridine rings is 2.